The zero-order chi connectivity index (χ0) is 30.4. The lowest BCUT2D eigenvalue weighted by molar-refractivity contribution is 0.670. The molecule has 2 nitrogen and oxygen atoms in total. The monoisotopic (exact) mass is 585 g/mol. The summed E-state index contributed by atoms with van der Waals surface area (Å²) in [5.41, 5.74) is 16.4. The molecule has 10 rings (SSSR count). The molecule has 0 fully saturated rings. The van der Waals surface area contributed by atoms with E-state index < -0.39 is 0 Å². The third-order valence-corrected chi connectivity index (χ3v) is 9.80. The quantitative estimate of drug-likeness (QED) is 0.165. The lowest BCUT2D eigenvalue weighted by Gasteiger charge is -2.18. The van der Waals surface area contributed by atoms with Crippen LogP contribution in [0.3, 0.4) is 0 Å². The van der Waals surface area contributed by atoms with Crippen LogP contribution in [0.4, 0.5) is 5.69 Å². The van der Waals surface area contributed by atoms with Crippen LogP contribution in [0, 0.1) is 0 Å². The van der Waals surface area contributed by atoms with Gasteiger partial charge in [-0.1, -0.05) is 140 Å². The molecule has 0 atom stereocenters. The molecule has 0 aliphatic heterocycles. The number of anilines is 1. The molecule has 214 valence electrons. The molecule has 0 bridgehead atoms. The summed E-state index contributed by atoms with van der Waals surface area (Å²) in [5.74, 6) is 0. The van der Waals surface area contributed by atoms with Gasteiger partial charge in [-0.05, 0) is 72.3 Å². The number of furan rings is 1. The average Bonchev–Trinajstić information content (AvgIpc) is 3.50. The zero-order valence-electron chi connectivity index (χ0n) is 24.9. The van der Waals surface area contributed by atoms with Crippen LogP contribution in [0.15, 0.2) is 156 Å². The van der Waals surface area contributed by atoms with E-state index in [0.717, 1.165) is 44.1 Å². The highest BCUT2D eigenvalue weighted by atomic mass is 16.3. The topological polar surface area (TPSA) is 39.2 Å². The van der Waals surface area contributed by atoms with Gasteiger partial charge in [0.2, 0.25) is 0 Å². The van der Waals surface area contributed by atoms with E-state index >= 15 is 0 Å². The second-order valence-corrected chi connectivity index (χ2v) is 12.3. The number of para-hydroxylation sites is 2. The van der Waals surface area contributed by atoms with Crippen LogP contribution in [-0.2, 0) is 0 Å². The second kappa shape index (κ2) is 9.44. The SMILES string of the molecule is Nc1cc(-c2cccc3c2oc2ccccc23)c2ccc3ccc(-c4ccc(-c5cccc6ccccc56)cc4)c4ccc1c2c34. The van der Waals surface area contributed by atoms with Gasteiger partial charge in [-0.2, -0.15) is 0 Å². The summed E-state index contributed by atoms with van der Waals surface area (Å²) in [7, 11) is 0. The number of benzene rings is 9. The lowest BCUT2D eigenvalue weighted by atomic mass is 9.86. The standard InChI is InChI=1S/C44H27NO/c45-40-25-39(37-13-6-12-36-33-10-3-4-14-41(33)46-44(36)37)35-22-20-29-19-21-32(34-23-24-38(40)43(35)42(29)34)28-17-15-27(16-18-28)31-11-5-8-26-7-1-2-9-30(26)31/h1-25H,45H2. The van der Waals surface area contributed by atoms with Crippen molar-refractivity contribution in [1.29, 1.82) is 0 Å². The summed E-state index contributed by atoms with van der Waals surface area (Å²) in [6, 6.07) is 54.3. The largest absolute Gasteiger partial charge is 0.455 e. The van der Waals surface area contributed by atoms with Gasteiger partial charge in [-0.15, -0.1) is 0 Å². The normalized spacial score (nSPS) is 12.0. The van der Waals surface area contributed by atoms with Crippen molar-refractivity contribution in [3.05, 3.63) is 152 Å². The third-order valence-electron chi connectivity index (χ3n) is 9.80. The van der Waals surface area contributed by atoms with Crippen LogP contribution in [0.5, 0.6) is 0 Å². The van der Waals surface area contributed by atoms with Gasteiger partial charge in [0.15, 0.2) is 0 Å². The summed E-state index contributed by atoms with van der Waals surface area (Å²) in [6.45, 7) is 0. The highest BCUT2D eigenvalue weighted by molar-refractivity contribution is 6.30. The molecule has 2 heteroatoms. The Hall–Kier alpha value is -6.12. The molecule has 0 radical (unpaired) electrons. The Morgan fingerprint density at radius 3 is 1.85 bits per heavy atom. The van der Waals surface area contributed by atoms with E-state index in [1.165, 1.54) is 60.0 Å². The van der Waals surface area contributed by atoms with Crippen molar-refractivity contribution in [1.82, 2.24) is 0 Å². The molecule has 0 aliphatic carbocycles. The maximum absolute atomic E-state index is 6.85. The first kappa shape index (κ1) is 25.2. The maximum Gasteiger partial charge on any atom is 0.143 e. The number of hydrogen-bond donors (Lipinski definition) is 1. The minimum Gasteiger partial charge on any atom is -0.455 e. The van der Waals surface area contributed by atoms with Crippen molar-refractivity contribution >= 4 is 70.7 Å². The molecule has 1 heterocycles. The molecule has 46 heavy (non-hydrogen) atoms. The molecule has 9 aromatic carbocycles. The van der Waals surface area contributed by atoms with Crippen LogP contribution in [0.25, 0.3) is 98.4 Å². The molecular formula is C44H27NO. The molecule has 0 aliphatic rings. The van der Waals surface area contributed by atoms with E-state index in [4.69, 9.17) is 10.2 Å². The summed E-state index contributed by atoms with van der Waals surface area (Å²) >= 11 is 0. The Labute approximate surface area is 265 Å². The Balaban J connectivity index is 1.18. The Bertz CT molecular complexity index is 2800. The molecule has 2 N–H and O–H groups in total. The molecule has 0 unspecified atom stereocenters. The second-order valence-electron chi connectivity index (χ2n) is 12.3. The van der Waals surface area contributed by atoms with Gasteiger partial charge in [-0.3, -0.25) is 0 Å². The van der Waals surface area contributed by atoms with Crippen molar-refractivity contribution in [3.8, 4) is 33.4 Å². The molecule has 0 amide bonds. The summed E-state index contributed by atoms with van der Waals surface area (Å²) in [6.07, 6.45) is 0. The van der Waals surface area contributed by atoms with Crippen LogP contribution < -0.4 is 5.73 Å². The van der Waals surface area contributed by atoms with Crippen LogP contribution >= 0.6 is 0 Å². The van der Waals surface area contributed by atoms with Gasteiger partial charge >= 0.3 is 0 Å². The number of rotatable bonds is 3. The molecular weight excluding hydrogens is 558 g/mol. The van der Waals surface area contributed by atoms with Gasteiger partial charge in [0.1, 0.15) is 11.2 Å². The Morgan fingerprint density at radius 2 is 0.978 bits per heavy atom. The van der Waals surface area contributed by atoms with Gasteiger partial charge < -0.3 is 10.2 Å². The van der Waals surface area contributed by atoms with Crippen LogP contribution in [0.1, 0.15) is 0 Å². The fraction of sp³-hybridized carbons (Fsp3) is 0. The maximum atomic E-state index is 6.85. The first-order valence-corrected chi connectivity index (χ1v) is 15.7. The van der Waals surface area contributed by atoms with E-state index in [1.54, 1.807) is 0 Å². The van der Waals surface area contributed by atoms with Crippen molar-refractivity contribution < 1.29 is 4.42 Å². The number of fused-ring (bicyclic) bond motifs is 4. The first-order chi connectivity index (χ1) is 22.7. The molecule has 1 aromatic heterocycles. The summed E-state index contributed by atoms with van der Waals surface area (Å²) in [5, 5.41) is 11.9. The highest BCUT2D eigenvalue weighted by Gasteiger charge is 2.19. The van der Waals surface area contributed by atoms with Crippen molar-refractivity contribution in [2.24, 2.45) is 0 Å². The lowest BCUT2D eigenvalue weighted by Crippen LogP contribution is -1.94. The fourth-order valence-corrected chi connectivity index (χ4v) is 7.66. The zero-order valence-corrected chi connectivity index (χ0v) is 24.9. The van der Waals surface area contributed by atoms with E-state index in [-0.39, 0.29) is 0 Å². The first-order valence-electron chi connectivity index (χ1n) is 15.7. The Kier molecular flexibility index (Phi) is 5.18. The number of nitrogens with two attached hydrogens (primary N) is 1. The van der Waals surface area contributed by atoms with E-state index in [9.17, 15) is 0 Å². The fourth-order valence-electron chi connectivity index (χ4n) is 7.66. The highest BCUT2D eigenvalue weighted by Crippen LogP contribution is 2.46. The Morgan fingerprint density at radius 1 is 0.370 bits per heavy atom. The van der Waals surface area contributed by atoms with Gasteiger partial charge in [-0.25, -0.2) is 0 Å². The third kappa shape index (κ3) is 3.53. The number of hydrogen-bond acceptors (Lipinski definition) is 2. The van der Waals surface area contributed by atoms with Crippen LogP contribution in [0.2, 0.25) is 0 Å². The van der Waals surface area contributed by atoms with Crippen LogP contribution in [-0.4, -0.2) is 0 Å². The van der Waals surface area contributed by atoms with Crippen molar-refractivity contribution in [2.45, 2.75) is 0 Å². The smallest absolute Gasteiger partial charge is 0.143 e. The van der Waals surface area contributed by atoms with E-state index in [2.05, 4.69) is 140 Å². The predicted octanol–water partition coefficient (Wildman–Crippen LogP) is 12.2. The van der Waals surface area contributed by atoms with Crippen molar-refractivity contribution in [2.75, 3.05) is 5.73 Å². The van der Waals surface area contributed by atoms with Gasteiger partial charge in [0.25, 0.3) is 0 Å². The predicted molar refractivity (Wildman–Crippen MR) is 196 cm³/mol. The summed E-state index contributed by atoms with van der Waals surface area (Å²) < 4.78 is 6.47. The average molecular weight is 586 g/mol. The molecule has 0 saturated heterocycles. The molecule has 10 aromatic rings. The van der Waals surface area contributed by atoms with Crippen molar-refractivity contribution in [3.63, 3.8) is 0 Å². The van der Waals surface area contributed by atoms with Gasteiger partial charge in [0, 0.05) is 32.8 Å². The van der Waals surface area contributed by atoms with E-state index in [0.29, 0.717) is 0 Å². The van der Waals surface area contributed by atoms with E-state index in [1.807, 2.05) is 12.1 Å². The summed E-state index contributed by atoms with van der Waals surface area (Å²) in [4.78, 5) is 0. The van der Waals surface area contributed by atoms with Gasteiger partial charge in [0.05, 0.1) is 0 Å². The minimum absolute atomic E-state index is 0.773. The molecule has 0 saturated carbocycles. The number of nitrogen functional groups attached to an aromatic ring is 1. The minimum atomic E-state index is 0.773. The molecule has 0 spiro atoms.